The fourth-order valence-corrected chi connectivity index (χ4v) is 2.01. The lowest BCUT2D eigenvalue weighted by atomic mass is 10.0. The molecule has 3 unspecified atom stereocenters. The highest BCUT2D eigenvalue weighted by atomic mass is 16.6. The molecule has 0 aliphatic rings. The van der Waals surface area contributed by atoms with Crippen molar-refractivity contribution in [3.05, 3.63) is 0 Å². The van der Waals surface area contributed by atoms with Crippen molar-refractivity contribution in [2.75, 3.05) is 26.4 Å². The van der Waals surface area contributed by atoms with Crippen molar-refractivity contribution >= 4 is 5.97 Å². The SMILES string of the molecule is CCCCC(OC(C)=O)C(OCC)C(CO)OCCO. The molecule has 0 aromatic heterocycles. The van der Waals surface area contributed by atoms with Crippen molar-refractivity contribution in [1.82, 2.24) is 0 Å². The molecule has 6 nitrogen and oxygen atoms in total. The maximum Gasteiger partial charge on any atom is 0.302 e. The number of aliphatic hydroxyl groups is 2. The number of ether oxygens (including phenoxy) is 3. The highest BCUT2D eigenvalue weighted by Gasteiger charge is 2.32. The first-order chi connectivity index (χ1) is 9.60. The van der Waals surface area contributed by atoms with Gasteiger partial charge in [-0.1, -0.05) is 13.3 Å². The van der Waals surface area contributed by atoms with Crippen molar-refractivity contribution in [2.45, 2.75) is 58.3 Å². The maximum atomic E-state index is 11.2. The fraction of sp³-hybridized carbons (Fsp3) is 0.929. The molecule has 0 aromatic rings. The summed E-state index contributed by atoms with van der Waals surface area (Å²) in [7, 11) is 0. The lowest BCUT2D eigenvalue weighted by molar-refractivity contribution is -0.172. The first-order valence-corrected chi connectivity index (χ1v) is 7.22. The lowest BCUT2D eigenvalue weighted by Gasteiger charge is -2.32. The highest BCUT2D eigenvalue weighted by molar-refractivity contribution is 5.66. The van der Waals surface area contributed by atoms with Gasteiger partial charge in [0.1, 0.15) is 18.3 Å². The van der Waals surface area contributed by atoms with Gasteiger partial charge >= 0.3 is 5.97 Å². The minimum Gasteiger partial charge on any atom is -0.460 e. The quantitative estimate of drug-likeness (QED) is 0.519. The van der Waals surface area contributed by atoms with E-state index in [9.17, 15) is 9.90 Å². The van der Waals surface area contributed by atoms with Gasteiger partial charge < -0.3 is 24.4 Å². The average molecular weight is 292 g/mol. The van der Waals surface area contributed by atoms with Crippen molar-refractivity contribution in [1.29, 1.82) is 0 Å². The van der Waals surface area contributed by atoms with Gasteiger partial charge in [-0.15, -0.1) is 0 Å². The van der Waals surface area contributed by atoms with Crippen LogP contribution in [0, 0.1) is 0 Å². The molecule has 0 saturated heterocycles. The van der Waals surface area contributed by atoms with E-state index in [0.717, 1.165) is 12.8 Å². The zero-order valence-electron chi connectivity index (χ0n) is 12.7. The van der Waals surface area contributed by atoms with E-state index in [2.05, 4.69) is 0 Å². The lowest BCUT2D eigenvalue weighted by Crippen LogP contribution is -2.45. The standard InChI is InChI=1S/C14H28O6/c1-4-6-7-12(20-11(3)17)14(18-5-2)13(10-16)19-9-8-15/h12-16H,4-10H2,1-3H3. The Balaban J connectivity index is 4.84. The molecule has 0 radical (unpaired) electrons. The summed E-state index contributed by atoms with van der Waals surface area (Å²) in [6.45, 7) is 5.37. The monoisotopic (exact) mass is 292 g/mol. The van der Waals surface area contributed by atoms with E-state index >= 15 is 0 Å². The molecule has 6 heteroatoms. The molecule has 20 heavy (non-hydrogen) atoms. The van der Waals surface area contributed by atoms with Crippen LogP contribution in [0.25, 0.3) is 0 Å². The Morgan fingerprint density at radius 1 is 1.15 bits per heavy atom. The van der Waals surface area contributed by atoms with Gasteiger partial charge in [-0.2, -0.15) is 0 Å². The van der Waals surface area contributed by atoms with Crippen LogP contribution in [0.1, 0.15) is 40.0 Å². The summed E-state index contributed by atoms with van der Waals surface area (Å²) >= 11 is 0. The Morgan fingerprint density at radius 3 is 2.30 bits per heavy atom. The Labute approximate surface area is 121 Å². The fourth-order valence-electron chi connectivity index (χ4n) is 2.01. The van der Waals surface area contributed by atoms with Gasteiger partial charge in [-0.3, -0.25) is 4.79 Å². The van der Waals surface area contributed by atoms with Gasteiger partial charge in [0, 0.05) is 13.5 Å². The summed E-state index contributed by atoms with van der Waals surface area (Å²) in [4.78, 5) is 11.2. The minimum absolute atomic E-state index is 0.107. The van der Waals surface area contributed by atoms with E-state index < -0.39 is 18.3 Å². The second-order valence-electron chi connectivity index (χ2n) is 4.53. The van der Waals surface area contributed by atoms with Crippen LogP contribution in [-0.2, 0) is 19.0 Å². The van der Waals surface area contributed by atoms with Gasteiger partial charge in [-0.25, -0.2) is 0 Å². The van der Waals surface area contributed by atoms with Crippen LogP contribution < -0.4 is 0 Å². The molecule has 0 bridgehead atoms. The Bertz CT molecular complexity index is 246. The van der Waals surface area contributed by atoms with E-state index in [-0.39, 0.29) is 25.8 Å². The number of esters is 1. The summed E-state index contributed by atoms with van der Waals surface area (Å²) in [5, 5.41) is 18.2. The summed E-state index contributed by atoms with van der Waals surface area (Å²) in [6.07, 6.45) is 0.899. The number of carbonyl (C=O) groups is 1. The third kappa shape index (κ3) is 7.79. The van der Waals surface area contributed by atoms with Gasteiger partial charge in [0.2, 0.25) is 0 Å². The summed E-state index contributed by atoms with van der Waals surface area (Å²) in [5.41, 5.74) is 0. The number of rotatable bonds is 12. The van der Waals surface area contributed by atoms with Gasteiger partial charge in [-0.05, 0) is 19.8 Å². The second-order valence-corrected chi connectivity index (χ2v) is 4.53. The zero-order valence-corrected chi connectivity index (χ0v) is 12.7. The largest absolute Gasteiger partial charge is 0.460 e. The van der Waals surface area contributed by atoms with Crippen LogP contribution >= 0.6 is 0 Å². The Kier molecular flexibility index (Phi) is 11.7. The molecule has 0 rings (SSSR count). The molecule has 0 fully saturated rings. The smallest absolute Gasteiger partial charge is 0.302 e. The van der Waals surface area contributed by atoms with Gasteiger partial charge in [0.25, 0.3) is 0 Å². The van der Waals surface area contributed by atoms with Crippen LogP contribution in [0.2, 0.25) is 0 Å². The van der Waals surface area contributed by atoms with E-state index in [0.29, 0.717) is 13.0 Å². The highest BCUT2D eigenvalue weighted by Crippen LogP contribution is 2.18. The van der Waals surface area contributed by atoms with Crippen LogP contribution in [0.3, 0.4) is 0 Å². The van der Waals surface area contributed by atoms with Crippen LogP contribution in [-0.4, -0.2) is 60.9 Å². The van der Waals surface area contributed by atoms with Gasteiger partial charge in [0.05, 0.1) is 19.8 Å². The Morgan fingerprint density at radius 2 is 1.85 bits per heavy atom. The second kappa shape index (κ2) is 12.1. The number of hydrogen-bond donors (Lipinski definition) is 2. The van der Waals surface area contributed by atoms with E-state index in [4.69, 9.17) is 19.3 Å². The van der Waals surface area contributed by atoms with Crippen molar-refractivity contribution < 1.29 is 29.2 Å². The van der Waals surface area contributed by atoms with Crippen molar-refractivity contribution in [3.8, 4) is 0 Å². The molecule has 0 saturated carbocycles. The molecule has 0 aliphatic carbocycles. The molecule has 0 aromatic carbocycles. The molecule has 0 amide bonds. The van der Waals surface area contributed by atoms with Gasteiger partial charge in [0.15, 0.2) is 0 Å². The molecule has 0 heterocycles. The van der Waals surface area contributed by atoms with E-state index in [1.807, 2.05) is 13.8 Å². The predicted molar refractivity (Wildman–Crippen MR) is 74.4 cm³/mol. The summed E-state index contributed by atoms with van der Waals surface area (Å²) in [6, 6.07) is 0. The van der Waals surface area contributed by atoms with E-state index in [1.54, 1.807) is 0 Å². The Hall–Kier alpha value is -0.690. The third-order valence-electron chi connectivity index (χ3n) is 2.85. The molecule has 2 N–H and O–H groups in total. The first kappa shape index (κ1) is 19.3. The zero-order chi connectivity index (χ0) is 15.4. The molecule has 120 valence electrons. The van der Waals surface area contributed by atoms with Crippen molar-refractivity contribution in [2.24, 2.45) is 0 Å². The normalized spacial score (nSPS) is 15.7. The molecule has 0 aliphatic heterocycles. The van der Waals surface area contributed by atoms with Crippen LogP contribution in [0.15, 0.2) is 0 Å². The first-order valence-electron chi connectivity index (χ1n) is 7.22. The summed E-state index contributed by atoms with van der Waals surface area (Å²) < 4.78 is 16.3. The maximum absolute atomic E-state index is 11.2. The van der Waals surface area contributed by atoms with E-state index in [1.165, 1.54) is 6.92 Å². The average Bonchev–Trinajstić information content (AvgIpc) is 2.42. The molecular formula is C14H28O6. The van der Waals surface area contributed by atoms with Crippen LogP contribution in [0.4, 0.5) is 0 Å². The molecular weight excluding hydrogens is 264 g/mol. The topological polar surface area (TPSA) is 85.2 Å². The van der Waals surface area contributed by atoms with Crippen LogP contribution in [0.5, 0.6) is 0 Å². The third-order valence-corrected chi connectivity index (χ3v) is 2.85. The minimum atomic E-state index is -0.622. The predicted octanol–water partition coefficient (Wildman–Crippen LogP) is 0.883. The number of carbonyl (C=O) groups excluding carboxylic acids is 1. The number of hydrogen-bond acceptors (Lipinski definition) is 6. The summed E-state index contributed by atoms with van der Waals surface area (Å²) in [5.74, 6) is -0.380. The molecule has 0 spiro atoms. The van der Waals surface area contributed by atoms with Crippen molar-refractivity contribution in [3.63, 3.8) is 0 Å². The molecule has 3 atom stereocenters. The number of aliphatic hydroxyl groups excluding tert-OH is 2. The number of unbranched alkanes of at least 4 members (excludes halogenated alkanes) is 1.